The Morgan fingerprint density at radius 2 is 1.66 bits per heavy atom. The van der Waals surface area contributed by atoms with E-state index in [-0.39, 0.29) is 17.9 Å². The fourth-order valence-corrected chi connectivity index (χ4v) is 5.99. The third-order valence-electron chi connectivity index (χ3n) is 8.69. The van der Waals surface area contributed by atoms with Gasteiger partial charge in [-0.05, 0) is 99.0 Å². The standard InChI is InChI=1S/C40H44N6O5.C2H6/c1-26-20-30(13-14-31(26)22-41-39(49)51-40(2,3)4)37-35-21-32(23-46(35)43-25-42-37)29-11-7-28(8-12-29)24-50-19-5-6-27-9-15-33(16-10-27)44-34-17-18-36(47)45-38(34)48;1-2/h7-16,20-21,23,25,34,44H,5-6,17-19,22,24H2,1-4H3,(H,41,49)(H,45,47,48);1-2H3. The molecule has 3 amide bonds. The van der Waals surface area contributed by atoms with Crippen LogP contribution >= 0.6 is 0 Å². The van der Waals surface area contributed by atoms with Crippen LogP contribution in [0, 0.1) is 6.92 Å². The van der Waals surface area contributed by atoms with E-state index in [1.165, 1.54) is 5.56 Å². The molecular formula is C42H50N6O5. The number of benzene rings is 3. The molecule has 5 aromatic rings. The van der Waals surface area contributed by atoms with E-state index < -0.39 is 11.7 Å². The summed E-state index contributed by atoms with van der Waals surface area (Å²) in [6, 6.07) is 24.2. The van der Waals surface area contributed by atoms with Crippen molar-refractivity contribution in [3.8, 4) is 22.4 Å². The first kappa shape index (κ1) is 38.7. The van der Waals surface area contributed by atoms with Gasteiger partial charge in [0.15, 0.2) is 0 Å². The van der Waals surface area contributed by atoms with Crippen molar-refractivity contribution in [2.24, 2.45) is 0 Å². The van der Waals surface area contributed by atoms with Gasteiger partial charge in [-0.3, -0.25) is 14.9 Å². The summed E-state index contributed by atoms with van der Waals surface area (Å²) in [7, 11) is 0. The molecule has 0 radical (unpaired) electrons. The molecule has 278 valence electrons. The van der Waals surface area contributed by atoms with Gasteiger partial charge < -0.3 is 20.1 Å². The molecule has 1 unspecified atom stereocenters. The number of imide groups is 1. The molecule has 1 fully saturated rings. The number of rotatable bonds is 12. The number of aromatic nitrogens is 3. The molecule has 1 aliphatic heterocycles. The summed E-state index contributed by atoms with van der Waals surface area (Å²) in [6.45, 7) is 13.1. The first-order valence-corrected chi connectivity index (χ1v) is 18.3. The number of anilines is 1. The molecule has 6 rings (SSSR count). The van der Waals surface area contributed by atoms with Gasteiger partial charge in [-0.25, -0.2) is 14.3 Å². The zero-order chi connectivity index (χ0) is 38.0. The molecule has 0 bridgehead atoms. The minimum atomic E-state index is -0.547. The summed E-state index contributed by atoms with van der Waals surface area (Å²) in [4.78, 5) is 40.1. The van der Waals surface area contributed by atoms with Crippen molar-refractivity contribution < 1.29 is 23.9 Å². The molecule has 1 atom stereocenters. The third-order valence-corrected chi connectivity index (χ3v) is 8.69. The van der Waals surface area contributed by atoms with Crippen LogP contribution in [0.5, 0.6) is 0 Å². The highest BCUT2D eigenvalue weighted by atomic mass is 16.6. The number of fused-ring (bicyclic) bond motifs is 1. The number of amides is 3. The average Bonchev–Trinajstić information content (AvgIpc) is 3.58. The summed E-state index contributed by atoms with van der Waals surface area (Å²) >= 11 is 0. The van der Waals surface area contributed by atoms with Crippen molar-refractivity contribution in [3.05, 3.63) is 108 Å². The molecule has 3 aromatic carbocycles. The summed E-state index contributed by atoms with van der Waals surface area (Å²) < 4.78 is 13.2. The molecule has 11 nitrogen and oxygen atoms in total. The summed E-state index contributed by atoms with van der Waals surface area (Å²) in [5.41, 5.74) is 9.47. The molecular weight excluding hydrogens is 668 g/mol. The van der Waals surface area contributed by atoms with Gasteiger partial charge in [0.25, 0.3) is 0 Å². The molecule has 3 N–H and O–H groups in total. The van der Waals surface area contributed by atoms with E-state index in [2.05, 4.69) is 74.6 Å². The zero-order valence-corrected chi connectivity index (χ0v) is 31.5. The Bertz CT molecular complexity index is 2020. The second-order valence-corrected chi connectivity index (χ2v) is 13.9. The number of ether oxygens (including phenoxy) is 2. The lowest BCUT2D eigenvalue weighted by Crippen LogP contribution is -2.47. The van der Waals surface area contributed by atoms with Gasteiger partial charge in [0.05, 0.1) is 17.8 Å². The number of nitrogens with one attached hydrogen (secondary N) is 3. The Morgan fingerprint density at radius 1 is 0.943 bits per heavy atom. The predicted octanol–water partition coefficient (Wildman–Crippen LogP) is 7.79. The SMILES string of the molecule is CC.Cc1cc(-c2ncnn3cc(-c4ccc(COCCCc5ccc(NC6CCC(=O)NC6=O)cc5)cc4)cc23)ccc1CNC(=O)OC(C)(C)C. The summed E-state index contributed by atoms with van der Waals surface area (Å²) in [6.07, 6.45) is 5.77. The van der Waals surface area contributed by atoms with E-state index in [9.17, 15) is 14.4 Å². The second-order valence-electron chi connectivity index (χ2n) is 13.9. The fourth-order valence-electron chi connectivity index (χ4n) is 5.99. The maximum Gasteiger partial charge on any atom is 0.407 e. The minimum Gasteiger partial charge on any atom is -0.444 e. The Labute approximate surface area is 311 Å². The van der Waals surface area contributed by atoms with Crippen LogP contribution in [0.15, 0.2) is 85.3 Å². The maximum atomic E-state index is 12.1. The van der Waals surface area contributed by atoms with Crippen molar-refractivity contribution in [2.45, 2.75) is 92.0 Å². The van der Waals surface area contributed by atoms with Gasteiger partial charge >= 0.3 is 6.09 Å². The lowest BCUT2D eigenvalue weighted by atomic mass is 10.0. The number of nitrogens with zero attached hydrogens (tertiary/aromatic N) is 3. The van der Waals surface area contributed by atoms with Crippen LogP contribution in [0.3, 0.4) is 0 Å². The predicted molar refractivity (Wildman–Crippen MR) is 207 cm³/mol. The minimum absolute atomic E-state index is 0.215. The number of aryl methyl sites for hydroxylation is 2. The zero-order valence-electron chi connectivity index (χ0n) is 31.5. The Hall–Kier alpha value is -5.55. The first-order chi connectivity index (χ1) is 25.5. The quantitative estimate of drug-likeness (QED) is 0.0879. The fraction of sp³-hybridized carbons (Fsp3) is 0.357. The van der Waals surface area contributed by atoms with E-state index in [4.69, 9.17) is 9.47 Å². The van der Waals surface area contributed by atoms with Gasteiger partial charge in [0, 0.05) is 42.6 Å². The van der Waals surface area contributed by atoms with E-state index >= 15 is 0 Å². The topological polar surface area (TPSA) is 136 Å². The van der Waals surface area contributed by atoms with Crippen molar-refractivity contribution in [2.75, 3.05) is 11.9 Å². The smallest absolute Gasteiger partial charge is 0.407 e. The lowest BCUT2D eigenvalue weighted by molar-refractivity contribution is -0.133. The largest absolute Gasteiger partial charge is 0.444 e. The monoisotopic (exact) mass is 718 g/mol. The molecule has 0 aliphatic carbocycles. The van der Waals surface area contributed by atoms with E-state index in [1.807, 2.05) is 76.5 Å². The van der Waals surface area contributed by atoms with Gasteiger partial charge in [-0.2, -0.15) is 5.10 Å². The molecule has 3 heterocycles. The van der Waals surface area contributed by atoms with Crippen LogP contribution in [0.4, 0.5) is 10.5 Å². The van der Waals surface area contributed by atoms with Gasteiger partial charge in [0.2, 0.25) is 11.8 Å². The summed E-state index contributed by atoms with van der Waals surface area (Å²) in [5, 5.41) is 12.9. The van der Waals surface area contributed by atoms with E-state index in [1.54, 1.807) is 6.33 Å². The average molecular weight is 719 g/mol. The number of piperidine rings is 1. The molecule has 1 saturated heterocycles. The van der Waals surface area contributed by atoms with Crippen LogP contribution in [-0.4, -0.2) is 50.8 Å². The normalized spacial score (nSPS) is 14.3. The van der Waals surface area contributed by atoms with E-state index in [0.717, 1.165) is 63.1 Å². The third kappa shape index (κ3) is 10.7. The highest BCUT2D eigenvalue weighted by Gasteiger charge is 2.26. The van der Waals surface area contributed by atoms with Crippen molar-refractivity contribution in [3.63, 3.8) is 0 Å². The Balaban J connectivity index is 0.00000266. The number of alkyl carbamates (subject to hydrolysis) is 1. The highest BCUT2D eigenvalue weighted by Crippen LogP contribution is 2.29. The number of hydrogen-bond acceptors (Lipinski definition) is 8. The Kier molecular flexibility index (Phi) is 13.0. The van der Waals surface area contributed by atoms with Crippen molar-refractivity contribution in [1.82, 2.24) is 25.2 Å². The highest BCUT2D eigenvalue weighted by molar-refractivity contribution is 6.01. The second kappa shape index (κ2) is 17.8. The first-order valence-electron chi connectivity index (χ1n) is 18.3. The molecule has 11 heteroatoms. The van der Waals surface area contributed by atoms with Crippen LogP contribution in [0.25, 0.3) is 27.9 Å². The van der Waals surface area contributed by atoms with E-state index in [0.29, 0.717) is 32.6 Å². The molecule has 0 spiro atoms. The molecule has 0 saturated carbocycles. The molecule has 1 aliphatic rings. The van der Waals surface area contributed by atoms with Crippen molar-refractivity contribution >= 4 is 29.1 Å². The molecule has 53 heavy (non-hydrogen) atoms. The van der Waals surface area contributed by atoms with Crippen LogP contribution in [0.2, 0.25) is 0 Å². The van der Waals surface area contributed by atoms with Gasteiger partial charge in [0.1, 0.15) is 18.0 Å². The van der Waals surface area contributed by atoms with Gasteiger partial charge in [-0.1, -0.05) is 62.4 Å². The van der Waals surface area contributed by atoms with Crippen LogP contribution in [-0.2, 0) is 38.6 Å². The molecule has 2 aromatic heterocycles. The number of carbonyl (C=O) groups excluding carboxylic acids is 3. The maximum absolute atomic E-state index is 12.1. The summed E-state index contributed by atoms with van der Waals surface area (Å²) in [5.74, 6) is -0.487. The van der Waals surface area contributed by atoms with Crippen molar-refractivity contribution in [1.29, 1.82) is 0 Å². The number of carbonyl (C=O) groups is 3. The lowest BCUT2D eigenvalue weighted by Gasteiger charge is -2.22. The van der Waals surface area contributed by atoms with Crippen LogP contribution in [0.1, 0.15) is 76.1 Å². The Morgan fingerprint density at radius 3 is 2.36 bits per heavy atom. The number of hydrogen-bond donors (Lipinski definition) is 3. The van der Waals surface area contributed by atoms with Crippen LogP contribution < -0.4 is 16.0 Å². The van der Waals surface area contributed by atoms with Gasteiger partial charge in [-0.15, -0.1) is 0 Å².